The molecule has 2 rings (SSSR count). The highest BCUT2D eigenvalue weighted by Crippen LogP contribution is 2.26. The van der Waals surface area contributed by atoms with E-state index in [9.17, 15) is 9.59 Å². The summed E-state index contributed by atoms with van der Waals surface area (Å²) in [7, 11) is 0. The number of amides is 2. The minimum Gasteiger partial charge on any atom is -1.00 e. The molecule has 0 aromatic heterocycles. The van der Waals surface area contributed by atoms with Gasteiger partial charge in [-0.2, -0.15) is 0 Å². The van der Waals surface area contributed by atoms with Gasteiger partial charge < -0.3 is 12.4 Å². The maximum Gasteiger partial charge on any atom is 0.273 e. The molecule has 2 fully saturated rings. The average molecular weight is 254 g/mol. The molecule has 0 radical (unpaired) electrons. The first kappa shape index (κ1) is 12.2. The Kier molecular flexibility index (Phi) is 4.60. The van der Waals surface area contributed by atoms with Crippen LogP contribution >= 0.6 is 11.8 Å². The molecule has 80 valence electrons. The Morgan fingerprint density at radius 2 is 1.86 bits per heavy atom. The van der Waals surface area contributed by atoms with Crippen LogP contribution in [0, 0.1) is 0 Å². The van der Waals surface area contributed by atoms with Gasteiger partial charge in [-0.25, -0.2) is 0 Å². The number of thioether (sulfide) groups is 1. The lowest BCUT2D eigenvalue weighted by atomic mass is 10.4. The summed E-state index contributed by atoms with van der Waals surface area (Å²) in [6.07, 6.45) is 2.02. The van der Waals surface area contributed by atoms with Crippen LogP contribution in [0.4, 0.5) is 0 Å². The summed E-state index contributed by atoms with van der Waals surface area (Å²) < 4.78 is 1.53. The van der Waals surface area contributed by atoms with Gasteiger partial charge in [0.2, 0.25) is 0 Å². The van der Waals surface area contributed by atoms with E-state index in [0.717, 1.165) is 17.3 Å². The number of hydrogen-bond acceptors (Lipinski definition) is 3. The summed E-state index contributed by atoms with van der Waals surface area (Å²) in [5.41, 5.74) is 0. The van der Waals surface area contributed by atoms with Crippen LogP contribution in [-0.4, -0.2) is 32.7 Å². The number of carbonyl (C=O) groups is 2. The van der Waals surface area contributed by atoms with E-state index in [1.54, 1.807) is 0 Å². The van der Waals surface area contributed by atoms with Crippen molar-refractivity contribution in [3.63, 3.8) is 0 Å². The van der Waals surface area contributed by atoms with Crippen molar-refractivity contribution >= 4 is 34.7 Å². The zero-order valence-electron chi connectivity index (χ0n) is 7.70. The summed E-state index contributed by atoms with van der Waals surface area (Å²) in [6, 6.07) is 0. The highest BCUT2D eigenvalue weighted by molar-refractivity contribution is 8.14. The van der Waals surface area contributed by atoms with Gasteiger partial charge in [-0.15, -0.1) is 11.8 Å². The van der Waals surface area contributed by atoms with Crippen LogP contribution in [-0.2, 0) is 20.7 Å². The van der Waals surface area contributed by atoms with Crippen molar-refractivity contribution in [2.24, 2.45) is 0 Å². The van der Waals surface area contributed by atoms with Crippen molar-refractivity contribution in [2.45, 2.75) is 19.3 Å². The summed E-state index contributed by atoms with van der Waals surface area (Å²) >= 11 is 1.78. The molecule has 14 heavy (non-hydrogen) atoms. The number of imide groups is 1. The van der Waals surface area contributed by atoms with E-state index in [1.807, 2.05) is 11.8 Å². The molecule has 2 amide bonds. The van der Waals surface area contributed by atoms with Crippen molar-refractivity contribution in [3.8, 4) is 0 Å². The standard InChI is InChI=1S/C8H12NO2S2.ClH/c10-7-2-3-8(11)9(7)13-5-1-4-12-6-13;/h1-6H2;1H/q+1;/p-1. The van der Waals surface area contributed by atoms with E-state index >= 15 is 0 Å². The summed E-state index contributed by atoms with van der Waals surface area (Å²) in [5, 5.41) is 0.970. The van der Waals surface area contributed by atoms with Gasteiger partial charge in [0.1, 0.15) is 16.8 Å². The minimum atomic E-state index is -0.0829. The predicted molar refractivity (Wildman–Crippen MR) is 55.3 cm³/mol. The molecule has 0 bridgehead atoms. The van der Waals surface area contributed by atoms with Crippen molar-refractivity contribution in [2.75, 3.05) is 16.6 Å². The highest BCUT2D eigenvalue weighted by Gasteiger charge is 2.43. The first-order valence-corrected chi connectivity index (χ1v) is 7.07. The van der Waals surface area contributed by atoms with Gasteiger partial charge in [0.15, 0.2) is 5.08 Å². The highest BCUT2D eigenvalue weighted by atomic mass is 35.5. The third kappa shape index (κ3) is 2.38. The number of hydrogen-bond donors (Lipinski definition) is 0. The van der Waals surface area contributed by atoms with Gasteiger partial charge in [-0.3, -0.25) is 9.59 Å². The van der Waals surface area contributed by atoms with E-state index in [-0.39, 0.29) is 35.3 Å². The zero-order chi connectivity index (χ0) is 9.26. The second-order valence-corrected chi connectivity index (χ2v) is 6.59. The van der Waals surface area contributed by atoms with Gasteiger partial charge in [0, 0.05) is 25.0 Å². The molecule has 1 unspecified atom stereocenters. The predicted octanol–water partition coefficient (Wildman–Crippen LogP) is -2.23. The van der Waals surface area contributed by atoms with Gasteiger partial charge in [-0.05, 0) is 0 Å². The van der Waals surface area contributed by atoms with Crippen LogP contribution in [0.15, 0.2) is 0 Å². The molecule has 0 spiro atoms. The smallest absolute Gasteiger partial charge is 0.273 e. The molecule has 1 atom stereocenters. The van der Waals surface area contributed by atoms with Crippen molar-refractivity contribution < 1.29 is 22.0 Å². The molecule has 0 saturated carbocycles. The maximum absolute atomic E-state index is 11.4. The molecule has 2 saturated heterocycles. The van der Waals surface area contributed by atoms with Crippen molar-refractivity contribution in [1.82, 2.24) is 4.31 Å². The molecule has 2 heterocycles. The van der Waals surface area contributed by atoms with Gasteiger partial charge in [0.25, 0.3) is 11.8 Å². The molecule has 2 aliphatic heterocycles. The zero-order valence-corrected chi connectivity index (χ0v) is 10.1. The first-order valence-electron chi connectivity index (χ1n) is 4.40. The topological polar surface area (TPSA) is 37.4 Å². The normalized spacial score (nSPS) is 27.7. The quantitative estimate of drug-likeness (QED) is 0.392. The lowest BCUT2D eigenvalue weighted by Gasteiger charge is -2.18. The summed E-state index contributed by atoms with van der Waals surface area (Å²) in [6.45, 7) is 0. The Balaban J connectivity index is 0.000000980. The van der Waals surface area contributed by atoms with E-state index in [1.165, 1.54) is 10.1 Å². The Hall–Kier alpha value is 0.130. The fourth-order valence-corrected chi connectivity index (χ4v) is 5.61. The monoisotopic (exact) mass is 253 g/mol. The molecule has 3 nitrogen and oxygen atoms in total. The average Bonchev–Trinajstić information content (AvgIpc) is 2.48. The van der Waals surface area contributed by atoms with E-state index in [0.29, 0.717) is 12.8 Å². The lowest BCUT2D eigenvalue weighted by Crippen LogP contribution is -3.00. The Morgan fingerprint density at radius 3 is 2.36 bits per heavy atom. The van der Waals surface area contributed by atoms with Crippen molar-refractivity contribution in [3.05, 3.63) is 0 Å². The van der Waals surface area contributed by atoms with Crippen LogP contribution in [0.5, 0.6) is 0 Å². The van der Waals surface area contributed by atoms with Crippen LogP contribution in [0.1, 0.15) is 19.3 Å². The maximum atomic E-state index is 11.4. The van der Waals surface area contributed by atoms with E-state index in [2.05, 4.69) is 0 Å². The Bertz CT molecular complexity index is 227. The Labute approximate surface area is 96.9 Å². The number of carbonyl (C=O) groups excluding carboxylic acids is 2. The van der Waals surface area contributed by atoms with Crippen LogP contribution < -0.4 is 12.4 Å². The van der Waals surface area contributed by atoms with Crippen LogP contribution in [0.25, 0.3) is 0 Å². The fraction of sp³-hybridized carbons (Fsp3) is 0.750. The number of rotatable bonds is 1. The minimum absolute atomic E-state index is 0. The molecule has 0 aromatic carbocycles. The van der Waals surface area contributed by atoms with E-state index < -0.39 is 0 Å². The lowest BCUT2D eigenvalue weighted by molar-refractivity contribution is -0.132. The largest absolute Gasteiger partial charge is 1.00 e. The molecule has 2 aliphatic rings. The molecule has 6 heteroatoms. The SMILES string of the molecule is O=C1CCC(=O)N1[S+]1CCCSC1.[Cl-]. The molecule has 0 aliphatic carbocycles. The molecule has 0 aromatic rings. The summed E-state index contributed by atoms with van der Waals surface area (Å²) in [5.74, 6) is 2.32. The third-order valence-electron chi connectivity index (χ3n) is 2.15. The number of nitrogens with zero attached hydrogens (tertiary/aromatic N) is 1. The third-order valence-corrected chi connectivity index (χ3v) is 6.17. The van der Waals surface area contributed by atoms with Crippen LogP contribution in [0.3, 0.4) is 0 Å². The summed E-state index contributed by atoms with van der Waals surface area (Å²) in [4.78, 5) is 22.8. The van der Waals surface area contributed by atoms with E-state index in [4.69, 9.17) is 0 Å². The van der Waals surface area contributed by atoms with Gasteiger partial charge >= 0.3 is 0 Å². The number of halogens is 1. The second kappa shape index (κ2) is 5.28. The molecule has 0 N–H and O–H groups in total. The van der Waals surface area contributed by atoms with Gasteiger partial charge in [-0.1, -0.05) is 4.31 Å². The first-order chi connectivity index (χ1) is 6.29. The fourth-order valence-electron chi connectivity index (χ4n) is 1.53. The van der Waals surface area contributed by atoms with Crippen LogP contribution in [0.2, 0.25) is 0 Å². The second-order valence-electron chi connectivity index (χ2n) is 3.13. The van der Waals surface area contributed by atoms with Crippen molar-refractivity contribution in [1.29, 1.82) is 0 Å². The molecular weight excluding hydrogens is 242 g/mol. The van der Waals surface area contributed by atoms with Gasteiger partial charge in [0.05, 0.1) is 0 Å². The Morgan fingerprint density at radius 1 is 1.21 bits per heavy atom. The molecular formula is C8H12ClNO2S2.